The maximum Gasteiger partial charge on any atom is 0.573 e. The molecule has 0 unspecified atom stereocenters. The monoisotopic (exact) mass is 603 g/mol. The number of alkyl halides is 3. The summed E-state index contributed by atoms with van der Waals surface area (Å²) in [5.41, 5.74) is 3.71. The smallest absolute Gasteiger partial charge is 0.406 e. The molecule has 0 bridgehead atoms. The summed E-state index contributed by atoms with van der Waals surface area (Å²) >= 11 is 0. The van der Waals surface area contributed by atoms with E-state index >= 15 is 0 Å². The molecule has 2 aromatic heterocycles. The minimum Gasteiger partial charge on any atom is -0.406 e. The third-order valence-electron chi connectivity index (χ3n) is 7.71. The summed E-state index contributed by atoms with van der Waals surface area (Å²) in [6.07, 6.45) is 1.12. The second kappa shape index (κ2) is 12.2. The highest BCUT2D eigenvalue weighted by atomic mass is 19.4. The van der Waals surface area contributed by atoms with Crippen molar-refractivity contribution in [2.24, 2.45) is 0 Å². The Hall–Kier alpha value is -5.20. The minimum atomic E-state index is -4.83. The molecule has 0 aliphatic heterocycles. The Labute approximate surface area is 249 Å². The van der Waals surface area contributed by atoms with Crippen LogP contribution in [0.15, 0.2) is 72.8 Å². The van der Waals surface area contributed by atoms with Crippen LogP contribution in [0.5, 0.6) is 5.75 Å². The van der Waals surface area contributed by atoms with Crippen LogP contribution in [0.25, 0.3) is 10.9 Å². The number of fused-ring (bicyclic) bond motifs is 1. The predicted octanol–water partition coefficient (Wildman–Crippen LogP) is 6.73. The number of carbonyl (C=O) groups is 2. The third kappa shape index (κ3) is 6.72. The molecule has 5 aromatic rings. The number of tetrazole rings is 1. The first-order chi connectivity index (χ1) is 21.2. The van der Waals surface area contributed by atoms with Gasteiger partial charge in [-0.15, -0.1) is 18.3 Å². The van der Waals surface area contributed by atoms with Crippen molar-refractivity contribution in [3.63, 3.8) is 0 Å². The zero-order valence-electron chi connectivity index (χ0n) is 23.4. The summed E-state index contributed by atoms with van der Waals surface area (Å²) in [7, 11) is 0. The number of nitrogens with one attached hydrogen (secondary N) is 3. The molecule has 3 aromatic carbocycles. The summed E-state index contributed by atoms with van der Waals surface area (Å²) in [6.45, 7) is 0.173. The van der Waals surface area contributed by atoms with Crippen LogP contribution in [0.4, 0.5) is 24.8 Å². The number of halogens is 3. The molecule has 2 heterocycles. The fraction of sp³-hybridized carbons (Fsp3) is 0.258. The molecule has 1 aliphatic carbocycles. The highest BCUT2D eigenvalue weighted by molar-refractivity contribution is 6.07. The Balaban J connectivity index is 1.27. The number of aromatic amines is 2. The van der Waals surface area contributed by atoms with E-state index in [2.05, 4.69) is 47.8 Å². The first-order valence-electron chi connectivity index (χ1n) is 14.2. The fourth-order valence-corrected chi connectivity index (χ4v) is 5.54. The van der Waals surface area contributed by atoms with E-state index < -0.39 is 12.3 Å². The number of aromatic nitrogens is 5. The van der Waals surface area contributed by atoms with Crippen molar-refractivity contribution in [2.75, 3.05) is 10.2 Å². The van der Waals surface area contributed by atoms with Gasteiger partial charge in [0.15, 0.2) is 0 Å². The number of benzene rings is 3. The van der Waals surface area contributed by atoms with Gasteiger partial charge >= 0.3 is 6.36 Å². The third-order valence-corrected chi connectivity index (χ3v) is 7.71. The lowest BCUT2D eigenvalue weighted by molar-refractivity contribution is -0.274. The van der Waals surface area contributed by atoms with E-state index in [0.717, 1.165) is 18.4 Å². The van der Waals surface area contributed by atoms with Crippen LogP contribution >= 0.6 is 0 Å². The summed E-state index contributed by atoms with van der Waals surface area (Å²) in [6, 6.07) is 20.1. The summed E-state index contributed by atoms with van der Waals surface area (Å²) in [4.78, 5) is 31.1. The van der Waals surface area contributed by atoms with E-state index in [1.54, 1.807) is 29.2 Å². The second-order valence-electron chi connectivity index (χ2n) is 10.7. The van der Waals surface area contributed by atoms with Gasteiger partial charge in [-0.1, -0.05) is 48.6 Å². The molecule has 13 heteroatoms. The quantitative estimate of drug-likeness (QED) is 0.181. The van der Waals surface area contributed by atoms with Gasteiger partial charge in [0, 0.05) is 22.2 Å². The lowest BCUT2D eigenvalue weighted by Gasteiger charge is -2.25. The van der Waals surface area contributed by atoms with Gasteiger partial charge in [-0.2, -0.15) is 5.21 Å². The number of hydrogen-bond donors (Lipinski definition) is 3. The molecule has 6 rings (SSSR count). The number of hydrogen-bond acceptors (Lipinski definition) is 6. The van der Waals surface area contributed by atoms with Gasteiger partial charge in [0.05, 0.1) is 6.54 Å². The SMILES string of the molecule is O=C(Nc1nn[nH]n1)c1ccc(CN(C(=O)c2cc3cc(OC(F)(F)F)ccc3[nH]2)c2ccc(C3CCCCC3)cc2)cc1. The number of H-pyrrole nitrogens is 2. The summed E-state index contributed by atoms with van der Waals surface area (Å²) in [5, 5.41) is 16.0. The lowest BCUT2D eigenvalue weighted by atomic mass is 9.84. The van der Waals surface area contributed by atoms with E-state index in [1.165, 1.54) is 49.1 Å². The zero-order chi connectivity index (χ0) is 30.7. The Morgan fingerprint density at radius 2 is 1.70 bits per heavy atom. The number of amides is 2. The van der Waals surface area contributed by atoms with Gasteiger partial charge in [0.2, 0.25) is 0 Å². The first kappa shape index (κ1) is 28.9. The molecular weight excluding hydrogens is 575 g/mol. The molecular formula is C31H28F3N7O3. The van der Waals surface area contributed by atoms with Crippen LogP contribution in [0.1, 0.15) is 70.0 Å². The summed E-state index contributed by atoms with van der Waals surface area (Å²) in [5.74, 6) is -0.626. The second-order valence-corrected chi connectivity index (χ2v) is 10.7. The van der Waals surface area contributed by atoms with Crippen molar-refractivity contribution < 1.29 is 27.5 Å². The van der Waals surface area contributed by atoms with Crippen LogP contribution in [-0.4, -0.2) is 43.8 Å². The van der Waals surface area contributed by atoms with Crippen LogP contribution in [0.2, 0.25) is 0 Å². The Kier molecular flexibility index (Phi) is 8.01. The van der Waals surface area contributed by atoms with Crippen molar-refractivity contribution in [2.45, 2.75) is 50.9 Å². The topological polar surface area (TPSA) is 129 Å². The van der Waals surface area contributed by atoms with Gasteiger partial charge < -0.3 is 14.6 Å². The molecule has 0 atom stereocenters. The van der Waals surface area contributed by atoms with E-state index in [-0.39, 0.29) is 29.8 Å². The van der Waals surface area contributed by atoms with Crippen LogP contribution in [0.3, 0.4) is 0 Å². The molecule has 1 saturated carbocycles. The van der Waals surface area contributed by atoms with E-state index in [0.29, 0.717) is 28.1 Å². The van der Waals surface area contributed by atoms with Crippen LogP contribution in [-0.2, 0) is 6.54 Å². The van der Waals surface area contributed by atoms with Gasteiger partial charge in [-0.05, 0) is 83.6 Å². The highest BCUT2D eigenvalue weighted by Gasteiger charge is 2.31. The van der Waals surface area contributed by atoms with Crippen molar-refractivity contribution in [1.82, 2.24) is 25.6 Å². The van der Waals surface area contributed by atoms with Crippen molar-refractivity contribution >= 4 is 34.4 Å². The molecule has 226 valence electrons. The van der Waals surface area contributed by atoms with Gasteiger partial charge in [0.25, 0.3) is 17.8 Å². The maximum absolute atomic E-state index is 14.0. The molecule has 3 N–H and O–H groups in total. The van der Waals surface area contributed by atoms with Crippen LogP contribution in [0, 0.1) is 0 Å². The zero-order valence-corrected chi connectivity index (χ0v) is 23.4. The van der Waals surface area contributed by atoms with Gasteiger partial charge in [-0.3, -0.25) is 14.9 Å². The number of anilines is 2. The largest absolute Gasteiger partial charge is 0.573 e. The predicted molar refractivity (Wildman–Crippen MR) is 156 cm³/mol. The Morgan fingerprint density at radius 3 is 2.39 bits per heavy atom. The molecule has 1 fully saturated rings. The Morgan fingerprint density at radius 1 is 0.955 bits per heavy atom. The molecule has 1 aliphatic rings. The van der Waals surface area contributed by atoms with E-state index in [1.807, 2.05) is 12.1 Å². The average molecular weight is 604 g/mol. The highest BCUT2D eigenvalue weighted by Crippen LogP contribution is 2.34. The van der Waals surface area contributed by atoms with Gasteiger partial charge in [-0.25, -0.2) is 0 Å². The van der Waals surface area contributed by atoms with E-state index in [9.17, 15) is 22.8 Å². The van der Waals surface area contributed by atoms with Crippen LogP contribution < -0.4 is 15.0 Å². The maximum atomic E-state index is 14.0. The molecule has 2 amide bonds. The molecule has 0 radical (unpaired) electrons. The lowest BCUT2D eigenvalue weighted by Crippen LogP contribution is -2.30. The number of carbonyl (C=O) groups excluding carboxylic acids is 2. The first-order valence-corrected chi connectivity index (χ1v) is 14.2. The normalized spacial score (nSPS) is 14.0. The summed E-state index contributed by atoms with van der Waals surface area (Å²) < 4.78 is 42.3. The molecule has 10 nitrogen and oxygen atoms in total. The molecule has 0 spiro atoms. The number of ether oxygens (including phenoxy) is 1. The standard InChI is InChI=1S/C31H28F3N7O3/c32-31(33,34)44-25-14-15-26-23(16-25)17-27(35-26)29(43)41(24-12-10-21(11-13-24)20-4-2-1-3-5-20)18-19-6-8-22(9-7-19)28(42)36-30-37-39-40-38-30/h6-17,20,35H,1-5,18H2,(H2,36,37,38,39,40,42). The molecule has 0 saturated heterocycles. The van der Waals surface area contributed by atoms with Crippen molar-refractivity contribution in [3.05, 3.63) is 95.2 Å². The van der Waals surface area contributed by atoms with Gasteiger partial charge in [0.1, 0.15) is 11.4 Å². The molecule has 44 heavy (non-hydrogen) atoms. The number of rotatable bonds is 8. The fourth-order valence-electron chi connectivity index (χ4n) is 5.54. The van der Waals surface area contributed by atoms with Crippen molar-refractivity contribution in [1.29, 1.82) is 0 Å². The van der Waals surface area contributed by atoms with E-state index in [4.69, 9.17) is 0 Å². The minimum absolute atomic E-state index is 0.0444. The Bertz CT molecular complexity index is 1750. The number of nitrogens with zero attached hydrogens (tertiary/aromatic N) is 4. The average Bonchev–Trinajstić information content (AvgIpc) is 3.69. The van der Waals surface area contributed by atoms with Crippen molar-refractivity contribution in [3.8, 4) is 5.75 Å².